The van der Waals surface area contributed by atoms with E-state index in [0.717, 1.165) is 62.9 Å². The van der Waals surface area contributed by atoms with Gasteiger partial charge in [0.05, 0.1) is 56.0 Å². The Balaban J connectivity index is 0.700. The molecule has 4 aliphatic rings. The number of para-hydroxylation sites is 1. The van der Waals surface area contributed by atoms with E-state index < -0.39 is 23.4 Å². The van der Waals surface area contributed by atoms with Gasteiger partial charge in [0.2, 0.25) is 0 Å². The second kappa shape index (κ2) is 21.5. The maximum absolute atomic E-state index is 16.4. The van der Waals surface area contributed by atoms with Crippen molar-refractivity contribution in [2.45, 2.75) is 70.8 Å². The molecule has 5 aromatic heterocycles. The van der Waals surface area contributed by atoms with Crippen molar-refractivity contribution >= 4 is 86.5 Å². The molecule has 1 saturated heterocycles. The number of nitriles is 1. The summed E-state index contributed by atoms with van der Waals surface area (Å²) in [5, 5.41) is 23.5. The maximum atomic E-state index is 16.4. The van der Waals surface area contributed by atoms with Gasteiger partial charge in [-0.2, -0.15) is 10.4 Å². The Labute approximate surface area is 489 Å². The molecule has 13 rings (SSSR count). The third-order valence-corrected chi connectivity index (χ3v) is 18.9. The smallest absolute Gasteiger partial charge is 0.276 e. The molecular formula is C64H51ClF2N10O4S2. The normalized spacial score (nSPS) is 16.9. The molecule has 4 amide bonds. The molecule has 1 saturated carbocycles. The molecule has 2 unspecified atom stereocenters. The van der Waals surface area contributed by atoms with Crippen LogP contribution in [0.25, 0.3) is 32.1 Å². The second-order valence-electron chi connectivity index (χ2n) is 21.5. The van der Waals surface area contributed by atoms with Crippen LogP contribution in [0.3, 0.4) is 0 Å². The highest BCUT2D eigenvalue weighted by Crippen LogP contribution is 2.56. The standard InChI is InChI=1S/C64H51ClF2N10O4S2/c1-33-8-4-10-46(66)56(33)72-61(78)53-28-38-20-23-77(52-29-40(65)16-18-42(52)60(38)83-53)63(80)49-12-5-11-48(70-49)45-32-69-74-58(45)44-30-43(44)39-24-34(2)57(47(67)26-39)73-62(79)54-27-37-19-22-76(51-25-36(31-68)15-17-41(51)59(37)82-54)64(81)50-13-6-14-55(71-50)75-21-7-9-35(75)3/h4-6,8,10-18,24-29,32,35,43-44H,7,9,19-23,30H2,1-3H3,(H,69,74)(H,72,78)(H,73,79)/t35-,43?,44?/m0/s1. The lowest BCUT2D eigenvalue weighted by Gasteiger charge is -2.25. The first-order valence-electron chi connectivity index (χ1n) is 27.4. The van der Waals surface area contributed by atoms with Gasteiger partial charge in [0.1, 0.15) is 28.8 Å². The first-order chi connectivity index (χ1) is 40.2. The van der Waals surface area contributed by atoms with E-state index in [1.807, 2.05) is 36.4 Å². The molecule has 0 bridgehead atoms. The summed E-state index contributed by atoms with van der Waals surface area (Å²) in [6.07, 6.45) is 5.36. The maximum Gasteiger partial charge on any atom is 0.276 e. The van der Waals surface area contributed by atoms with Crippen LogP contribution in [0.4, 0.5) is 37.3 Å². The molecule has 19 heteroatoms. The number of carbonyl (C=O) groups is 4. The average Bonchev–Trinajstić information content (AvgIpc) is 3.26. The molecule has 8 heterocycles. The number of anilines is 5. The Hall–Kier alpha value is -8.89. The van der Waals surface area contributed by atoms with Crippen LogP contribution in [-0.2, 0) is 12.8 Å². The lowest BCUT2D eigenvalue weighted by molar-refractivity contribution is 0.0975. The van der Waals surface area contributed by atoms with Crippen LogP contribution < -0.4 is 25.3 Å². The summed E-state index contributed by atoms with van der Waals surface area (Å²) in [7, 11) is 0. The zero-order valence-corrected chi connectivity index (χ0v) is 47.5. The molecule has 1 aliphatic carbocycles. The minimum atomic E-state index is -0.567. The van der Waals surface area contributed by atoms with E-state index in [1.54, 1.807) is 96.6 Å². The Morgan fingerprint density at radius 3 is 1.99 bits per heavy atom. The summed E-state index contributed by atoms with van der Waals surface area (Å²) in [5.41, 5.74) is 9.38. The number of aromatic amines is 1. The van der Waals surface area contributed by atoms with Gasteiger partial charge in [-0.1, -0.05) is 48.0 Å². The summed E-state index contributed by atoms with van der Waals surface area (Å²) in [4.78, 5) is 74.2. The average molecular weight is 1160 g/mol. The fourth-order valence-corrected chi connectivity index (χ4v) is 14.3. The Morgan fingerprint density at radius 2 is 1.34 bits per heavy atom. The number of rotatable bonds is 10. The number of halogens is 3. The fraction of sp³-hybridized carbons (Fsp3) is 0.219. The van der Waals surface area contributed by atoms with E-state index in [2.05, 4.69) is 38.7 Å². The number of hydrogen-bond acceptors (Lipinski definition) is 11. The molecule has 3 N–H and O–H groups in total. The molecule has 0 radical (unpaired) electrons. The van der Waals surface area contributed by atoms with Gasteiger partial charge >= 0.3 is 0 Å². The van der Waals surface area contributed by atoms with Crippen molar-refractivity contribution < 1.29 is 28.0 Å². The molecule has 83 heavy (non-hydrogen) atoms. The van der Waals surface area contributed by atoms with E-state index in [0.29, 0.717) is 90.7 Å². The van der Waals surface area contributed by atoms with E-state index in [9.17, 15) is 28.8 Å². The van der Waals surface area contributed by atoms with Gasteiger partial charge in [-0.25, -0.2) is 18.7 Å². The number of pyridine rings is 2. The number of amides is 4. The number of nitrogens with one attached hydrogen (secondary N) is 3. The van der Waals surface area contributed by atoms with Crippen molar-refractivity contribution in [3.05, 3.63) is 198 Å². The monoisotopic (exact) mass is 1160 g/mol. The minimum Gasteiger partial charge on any atom is -0.354 e. The highest BCUT2D eigenvalue weighted by Gasteiger charge is 2.43. The fourth-order valence-electron chi connectivity index (χ4n) is 11.9. The van der Waals surface area contributed by atoms with Gasteiger partial charge < -0.3 is 25.3 Å². The number of thiophene rings is 2. The lowest BCUT2D eigenvalue weighted by atomic mass is 10.0. The summed E-state index contributed by atoms with van der Waals surface area (Å²) in [6.45, 7) is 7.09. The van der Waals surface area contributed by atoms with Gasteiger partial charge in [-0.15, -0.1) is 22.7 Å². The lowest BCUT2D eigenvalue weighted by Crippen LogP contribution is -2.34. The number of aromatic nitrogens is 4. The predicted molar refractivity (Wildman–Crippen MR) is 320 cm³/mol. The van der Waals surface area contributed by atoms with Gasteiger partial charge in [-0.05, 0) is 165 Å². The molecule has 2 fully saturated rings. The topological polar surface area (TPSA) is 180 Å². The largest absolute Gasteiger partial charge is 0.354 e. The molecule has 9 aromatic rings. The van der Waals surface area contributed by atoms with Crippen LogP contribution >= 0.6 is 34.3 Å². The van der Waals surface area contributed by atoms with Crippen LogP contribution in [0.5, 0.6) is 0 Å². The van der Waals surface area contributed by atoms with Crippen molar-refractivity contribution in [3.63, 3.8) is 0 Å². The zero-order valence-electron chi connectivity index (χ0n) is 45.1. The summed E-state index contributed by atoms with van der Waals surface area (Å²) in [6, 6.07) is 35.4. The van der Waals surface area contributed by atoms with E-state index >= 15 is 4.39 Å². The van der Waals surface area contributed by atoms with Gasteiger partial charge in [0.15, 0.2) is 0 Å². The SMILES string of the molecule is Cc1cccc(F)c1NC(=O)c1cc2c(s1)-c1ccc(Cl)cc1N(C(=O)c1cccc(-c3cn[nH]c3C3CC3c3cc(C)c(NC(=O)c4cc5c(s4)-c4ccc(C#N)cc4N(C(=O)c4cccc(N6CCC[C@@H]6C)n4)CC5)c(F)c3)n1)CC2. The first-order valence-corrected chi connectivity index (χ1v) is 29.4. The van der Waals surface area contributed by atoms with E-state index in [1.165, 1.54) is 34.8 Å². The second-order valence-corrected chi connectivity index (χ2v) is 24.0. The highest BCUT2D eigenvalue weighted by molar-refractivity contribution is 7.18. The van der Waals surface area contributed by atoms with E-state index in [4.69, 9.17) is 21.6 Å². The molecule has 0 spiro atoms. The van der Waals surface area contributed by atoms with Crippen LogP contribution in [0.1, 0.15) is 117 Å². The van der Waals surface area contributed by atoms with Crippen molar-refractivity contribution in [1.82, 2.24) is 20.2 Å². The van der Waals surface area contributed by atoms with Crippen molar-refractivity contribution in [3.8, 4) is 38.2 Å². The van der Waals surface area contributed by atoms with Crippen LogP contribution in [0.15, 0.2) is 121 Å². The number of hydrogen-bond donors (Lipinski definition) is 3. The minimum absolute atomic E-state index is 0.0609. The van der Waals surface area contributed by atoms with Crippen LogP contribution in [-0.4, -0.2) is 69.5 Å². The van der Waals surface area contributed by atoms with Crippen LogP contribution in [0, 0.1) is 36.8 Å². The summed E-state index contributed by atoms with van der Waals surface area (Å²) in [5.74, 6) is -1.97. The Bertz CT molecular complexity index is 4180. The molecule has 14 nitrogen and oxygen atoms in total. The number of nitrogens with zero attached hydrogens (tertiary/aromatic N) is 7. The predicted octanol–water partition coefficient (Wildman–Crippen LogP) is 13.9. The van der Waals surface area contributed by atoms with Crippen molar-refractivity contribution in [1.29, 1.82) is 5.26 Å². The number of fused-ring (bicyclic) bond motifs is 6. The molecule has 414 valence electrons. The Kier molecular flexibility index (Phi) is 13.8. The number of H-pyrrole nitrogens is 1. The van der Waals surface area contributed by atoms with Crippen molar-refractivity contribution in [2.24, 2.45) is 0 Å². The quantitative estimate of drug-likeness (QED) is 0.120. The third-order valence-electron chi connectivity index (χ3n) is 16.2. The first kappa shape index (κ1) is 53.4. The molecule has 3 atom stereocenters. The van der Waals surface area contributed by atoms with Gasteiger partial charge in [0.25, 0.3) is 23.6 Å². The van der Waals surface area contributed by atoms with Gasteiger partial charge in [0, 0.05) is 68.8 Å². The van der Waals surface area contributed by atoms with Crippen LogP contribution in [0.2, 0.25) is 5.02 Å². The highest BCUT2D eigenvalue weighted by atomic mass is 35.5. The molecule has 4 aromatic carbocycles. The van der Waals surface area contributed by atoms with Gasteiger partial charge in [-0.3, -0.25) is 24.3 Å². The zero-order chi connectivity index (χ0) is 57.4. The molecular weight excluding hydrogens is 1110 g/mol. The summed E-state index contributed by atoms with van der Waals surface area (Å²) >= 11 is 9.11. The molecule has 3 aliphatic heterocycles. The third kappa shape index (κ3) is 9.91. The summed E-state index contributed by atoms with van der Waals surface area (Å²) < 4.78 is 31.0. The Morgan fingerprint density at radius 1 is 0.699 bits per heavy atom. The van der Waals surface area contributed by atoms with E-state index in [-0.39, 0.29) is 53.8 Å². The van der Waals surface area contributed by atoms with Crippen molar-refractivity contribution in [2.75, 3.05) is 45.0 Å². The number of aryl methyl sites for hydroxylation is 2. The number of benzene rings is 4. The number of carbonyl (C=O) groups excluding carboxylic acids is 4.